The smallest absolute Gasteiger partial charge is 0.370 e. The summed E-state index contributed by atoms with van der Waals surface area (Å²) in [6.07, 6.45) is -3.82. The van der Waals surface area contributed by atoms with Gasteiger partial charge in [-0.25, -0.2) is 4.79 Å². The molecule has 24 heavy (non-hydrogen) atoms. The normalized spacial score (nSPS) is 25.8. The van der Waals surface area contributed by atoms with Gasteiger partial charge in [-0.2, -0.15) is 0 Å². The van der Waals surface area contributed by atoms with E-state index in [0.29, 0.717) is 0 Å². The number of nitrogens with one attached hydrogen (secondary N) is 1. The third-order valence-electron chi connectivity index (χ3n) is 3.45. The predicted molar refractivity (Wildman–Crippen MR) is 79.4 cm³/mol. The zero-order valence-corrected chi connectivity index (χ0v) is 13.1. The summed E-state index contributed by atoms with van der Waals surface area (Å²) >= 11 is 0. The van der Waals surface area contributed by atoms with Gasteiger partial charge in [0.25, 0.3) is 0 Å². The zero-order chi connectivity index (χ0) is 18.4. The van der Waals surface area contributed by atoms with Gasteiger partial charge < -0.3 is 30.5 Å². The van der Waals surface area contributed by atoms with Gasteiger partial charge in [-0.1, -0.05) is 19.0 Å². The molecule has 0 radical (unpaired) electrons. The Bertz CT molecular complexity index is 559. The number of carbonyl (C=O) groups is 2. The number of rotatable bonds is 7. The first kappa shape index (κ1) is 19.7. The van der Waals surface area contributed by atoms with Crippen LogP contribution in [-0.2, 0) is 14.3 Å². The van der Waals surface area contributed by atoms with E-state index in [2.05, 4.69) is 15.3 Å². The van der Waals surface area contributed by atoms with Gasteiger partial charge in [0.05, 0.1) is 18.7 Å². The number of aliphatic hydroxyl groups excluding tert-OH is 3. The maximum Gasteiger partial charge on any atom is 0.370 e. The largest absolute Gasteiger partial charge is 0.478 e. The van der Waals surface area contributed by atoms with Gasteiger partial charge in [0.15, 0.2) is 0 Å². The molecule has 5 atom stereocenters. The molecular weight excluding hydrogens is 324 g/mol. The summed E-state index contributed by atoms with van der Waals surface area (Å²) in [5.74, 6) is -2.97. The van der Waals surface area contributed by atoms with E-state index in [1.165, 1.54) is 0 Å². The van der Waals surface area contributed by atoms with E-state index in [1.54, 1.807) is 13.8 Å². The average molecular weight is 344 g/mol. The first-order valence-corrected chi connectivity index (χ1v) is 7.16. The number of hydrogen-bond acceptors (Lipinski definition) is 7. The van der Waals surface area contributed by atoms with Gasteiger partial charge in [0, 0.05) is 10.8 Å². The van der Waals surface area contributed by atoms with Crippen LogP contribution in [0.15, 0.2) is 16.9 Å². The second-order valence-corrected chi connectivity index (χ2v) is 5.54. The maximum atomic E-state index is 12.0. The fourth-order valence-corrected chi connectivity index (χ4v) is 2.11. The molecule has 0 saturated heterocycles. The number of aliphatic carboxylic acids is 1. The number of nitrogens with zero attached hydrogens (tertiary/aromatic N) is 3. The number of carbonyl (C=O) groups excluding carboxylic acids is 1. The van der Waals surface area contributed by atoms with Crippen molar-refractivity contribution in [1.29, 1.82) is 0 Å². The monoisotopic (exact) mass is 344 g/mol. The summed E-state index contributed by atoms with van der Waals surface area (Å²) in [6.45, 7) is 2.40. The van der Waals surface area contributed by atoms with Crippen molar-refractivity contribution in [1.82, 2.24) is 5.32 Å². The highest BCUT2D eigenvalue weighted by Gasteiger charge is 2.43. The molecule has 0 aromatic rings. The first-order chi connectivity index (χ1) is 11.2. The van der Waals surface area contributed by atoms with Crippen molar-refractivity contribution < 1.29 is 34.8 Å². The number of aliphatic hydroxyl groups is 3. The highest BCUT2D eigenvalue weighted by atomic mass is 16.5. The molecule has 0 aromatic heterocycles. The number of azide groups is 1. The van der Waals surface area contributed by atoms with E-state index in [1.807, 2.05) is 0 Å². The molecule has 0 saturated carbocycles. The van der Waals surface area contributed by atoms with Crippen LogP contribution in [0.4, 0.5) is 0 Å². The number of ether oxygens (including phenoxy) is 1. The molecule has 134 valence electrons. The molecule has 0 spiro atoms. The Morgan fingerprint density at radius 2 is 2.08 bits per heavy atom. The third kappa shape index (κ3) is 4.59. The lowest BCUT2D eigenvalue weighted by Crippen LogP contribution is -2.60. The van der Waals surface area contributed by atoms with E-state index < -0.39 is 60.6 Å². The zero-order valence-electron chi connectivity index (χ0n) is 13.1. The van der Waals surface area contributed by atoms with Crippen LogP contribution in [0.3, 0.4) is 0 Å². The molecule has 0 aromatic carbocycles. The van der Waals surface area contributed by atoms with Gasteiger partial charge >= 0.3 is 5.97 Å². The minimum Gasteiger partial charge on any atom is -0.478 e. The van der Waals surface area contributed by atoms with Crippen molar-refractivity contribution >= 4 is 11.9 Å². The van der Waals surface area contributed by atoms with Gasteiger partial charge in [0.1, 0.15) is 18.3 Å². The van der Waals surface area contributed by atoms with Crippen LogP contribution in [0, 0.1) is 5.92 Å². The number of hydrogen-bond donors (Lipinski definition) is 5. The number of carboxylic acid groups (broad SMARTS) is 1. The molecule has 1 amide bonds. The molecule has 1 aliphatic rings. The molecule has 1 rings (SSSR count). The summed E-state index contributed by atoms with van der Waals surface area (Å²) in [5.41, 5.74) is 8.66. The lowest BCUT2D eigenvalue weighted by Gasteiger charge is -2.38. The first-order valence-electron chi connectivity index (χ1n) is 7.16. The molecule has 5 unspecified atom stereocenters. The van der Waals surface area contributed by atoms with Gasteiger partial charge in [0.2, 0.25) is 11.7 Å². The van der Waals surface area contributed by atoms with E-state index in [9.17, 15) is 19.8 Å². The fourth-order valence-electron chi connectivity index (χ4n) is 2.11. The fraction of sp³-hybridized carbons (Fsp3) is 0.692. The van der Waals surface area contributed by atoms with Gasteiger partial charge in [-0.05, 0) is 11.6 Å². The summed E-state index contributed by atoms with van der Waals surface area (Å²) in [5, 5.41) is 43.7. The van der Waals surface area contributed by atoms with Crippen molar-refractivity contribution in [3.63, 3.8) is 0 Å². The summed E-state index contributed by atoms with van der Waals surface area (Å²) in [7, 11) is 0. The molecular formula is C13H20N4O7. The quantitative estimate of drug-likeness (QED) is 0.220. The van der Waals surface area contributed by atoms with Crippen LogP contribution in [0.5, 0.6) is 0 Å². The molecule has 1 aliphatic heterocycles. The lowest BCUT2D eigenvalue weighted by atomic mass is 9.92. The molecule has 11 nitrogen and oxygen atoms in total. The van der Waals surface area contributed by atoms with Crippen LogP contribution < -0.4 is 5.32 Å². The minimum atomic E-state index is -1.73. The molecule has 5 N–H and O–H groups in total. The van der Waals surface area contributed by atoms with Crippen LogP contribution in [0.2, 0.25) is 0 Å². The summed E-state index contributed by atoms with van der Waals surface area (Å²) in [4.78, 5) is 25.7. The highest BCUT2D eigenvalue weighted by Crippen LogP contribution is 2.25. The second kappa shape index (κ2) is 8.50. The Hall–Kier alpha value is -2.33. The van der Waals surface area contributed by atoms with Crippen molar-refractivity contribution in [2.75, 3.05) is 6.61 Å². The van der Waals surface area contributed by atoms with Crippen molar-refractivity contribution in [3.05, 3.63) is 22.3 Å². The standard InChI is InChI=1S/C13H20N4O7/c1-5(2)12(21)15-9-6(16-17-14)3-8(13(22)23)24-11(9)10(20)7(19)4-18/h3,5-7,9-11,18-20H,4H2,1-2H3,(H,15,21)(H,22,23). The molecule has 0 aliphatic carbocycles. The summed E-state index contributed by atoms with van der Waals surface area (Å²) in [6, 6.07) is -2.29. The lowest BCUT2D eigenvalue weighted by molar-refractivity contribution is -0.146. The predicted octanol–water partition coefficient (Wildman–Crippen LogP) is -1.11. The van der Waals surface area contributed by atoms with Crippen LogP contribution in [0.1, 0.15) is 13.8 Å². The Morgan fingerprint density at radius 1 is 1.46 bits per heavy atom. The van der Waals surface area contributed by atoms with Crippen LogP contribution in [0.25, 0.3) is 10.4 Å². The highest BCUT2D eigenvalue weighted by molar-refractivity contribution is 5.85. The average Bonchev–Trinajstić information content (AvgIpc) is 2.54. The van der Waals surface area contributed by atoms with E-state index >= 15 is 0 Å². The van der Waals surface area contributed by atoms with Gasteiger partial charge in [-0.15, -0.1) is 0 Å². The molecule has 0 fully saturated rings. The van der Waals surface area contributed by atoms with Crippen LogP contribution >= 0.6 is 0 Å². The Labute approximate surface area is 137 Å². The number of carboxylic acids is 1. The van der Waals surface area contributed by atoms with Crippen molar-refractivity contribution in [2.45, 2.75) is 44.2 Å². The van der Waals surface area contributed by atoms with E-state index in [0.717, 1.165) is 6.08 Å². The molecule has 1 heterocycles. The van der Waals surface area contributed by atoms with E-state index in [4.69, 9.17) is 20.5 Å². The van der Waals surface area contributed by atoms with Crippen LogP contribution in [-0.4, -0.2) is 69.3 Å². The summed E-state index contributed by atoms with van der Waals surface area (Å²) < 4.78 is 5.14. The second-order valence-electron chi connectivity index (χ2n) is 5.54. The Balaban J connectivity index is 3.26. The Kier molecular flexibility index (Phi) is 6.98. The SMILES string of the molecule is CC(C)C(=O)NC1C(N=[N+]=[N-])C=C(C(=O)O)OC1C(O)C(O)CO. The molecule has 11 heteroatoms. The Morgan fingerprint density at radius 3 is 2.54 bits per heavy atom. The topological polar surface area (TPSA) is 185 Å². The van der Waals surface area contributed by atoms with E-state index in [-0.39, 0.29) is 0 Å². The maximum absolute atomic E-state index is 12.0. The minimum absolute atomic E-state index is 0.442. The van der Waals surface area contributed by atoms with Gasteiger partial charge in [-0.3, -0.25) is 4.79 Å². The molecule has 0 bridgehead atoms. The van der Waals surface area contributed by atoms with Crippen molar-refractivity contribution in [2.24, 2.45) is 11.0 Å². The third-order valence-corrected chi connectivity index (χ3v) is 3.45. The van der Waals surface area contributed by atoms with Crippen molar-refractivity contribution in [3.8, 4) is 0 Å². The number of amides is 1.